The molecule has 0 saturated carbocycles. The highest BCUT2D eigenvalue weighted by Crippen LogP contribution is 2.44. The number of rotatable bonds is 4. The topological polar surface area (TPSA) is 84.7 Å². The smallest absolute Gasteiger partial charge is 0.328 e. The van der Waals surface area contributed by atoms with Crippen LogP contribution in [0.25, 0.3) is 0 Å². The summed E-state index contributed by atoms with van der Waals surface area (Å²) in [5.74, 6) is 2.19. The second-order valence-corrected chi connectivity index (χ2v) is 7.72. The number of hydrogen-bond donors (Lipinski definition) is 2. The predicted molar refractivity (Wildman–Crippen MR) is 119 cm³/mol. The minimum atomic E-state index is -0.650. The number of nitrogens with two attached hydrogens (primary N) is 1. The Morgan fingerprint density at radius 3 is 2.57 bits per heavy atom. The quantitative estimate of drug-likeness (QED) is 0.423. The highest BCUT2D eigenvalue weighted by atomic mass is 35.5. The van der Waals surface area contributed by atoms with Crippen molar-refractivity contribution in [3.63, 3.8) is 0 Å². The summed E-state index contributed by atoms with van der Waals surface area (Å²) in [5, 5.41) is 3.97. The van der Waals surface area contributed by atoms with Crippen LogP contribution in [0.4, 0.5) is 11.4 Å². The van der Waals surface area contributed by atoms with Crippen molar-refractivity contribution in [2.75, 3.05) is 17.3 Å². The summed E-state index contributed by atoms with van der Waals surface area (Å²) >= 11 is 12.7. The summed E-state index contributed by atoms with van der Waals surface area (Å²) in [5.41, 5.74) is 8.19. The van der Waals surface area contributed by atoms with Gasteiger partial charge in [0.2, 0.25) is 5.91 Å². The van der Waals surface area contributed by atoms with Gasteiger partial charge in [0.05, 0.1) is 13.2 Å². The van der Waals surface area contributed by atoms with Crippen LogP contribution in [0.5, 0.6) is 0 Å². The number of halogens is 2. The molecular weight excluding hydrogens is 425 g/mol. The van der Waals surface area contributed by atoms with Gasteiger partial charge in [-0.2, -0.15) is 0 Å². The van der Waals surface area contributed by atoms with E-state index in [-0.39, 0.29) is 5.91 Å². The third-order valence-corrected chi connectivity index (χ3v) is 5.49. The molecule has 2 aromatic rings. The lowest BCUT2D eigenvalue weighted by atomic mass is 9.90. The van der Waals surface area contributed by atoms with Crippen molar-refractivity contribution in [1.29, 1.82) is 0 Å². The lowest BCUT2D eigenvalue weighted by molar-refractivity contribution is -0.142. The maximum absolute atomic E-state index is 12.7. The second-order valence-electron chi connectivity index (χ2n) is 6.87. The van der Waals surface area contributed by atoms with Gasteiger partial charge < -0.3 is 20.7 Å². The number of nitrogens with one attached hydrogen (secondary N) is 1. The van der Waals surface area contributed by atoms with Crippen LogP contribution in [0.2, 0.25) is 10.0 Å². The summed E-state index contributed by atoms with van der Waals surface area (Å²) in [6, 6.07) is 12.0. The SMILES string of the molecule is COC(=O)C1CC(N(C(C)=O)c2ccc(CC#CN)cc2)c2c(Cl)cc(Cl)cc2N1. The summed E-state index contributed by atoms with van der Waals surface area (Å²) in [6.07, 6.45) is 0.808. The van der Waals surface area contributed by atoms with Crippen LogP contribution < -0.4 is 16.0 Å². The third kappa shape index (κ3) is 4.48. The fourth-order valence-corrected chi connectivity index (χ4v) is 4.29. The molecule has 0 aliphatic carbocycles. The van der Waals surface area contributed by atoms with E-state index in [9.17, 15) is 9.59 Å². The number of fused-ring (bicyclic) bond motifs is 1. The van der Waals surface area contributed by atoms with Gasteiger partial charge in [-0.05, 0) is 29.8 Å². The Kier molecular flexibility index (Phi) is 6.76. The molecule has 3 N–H and O–H groups in total. The highest BCUT2D eigenvalue weighted by Gasteiger charge is 2.38. The molecule has 2 atom stereocenters. The van der Waals surface area contributed by atoms with Crippen molar-refractivity contribution in [3.05, 3.63) is 57.6 Å². The highest BCUT2D eigenvalue weighted by molar-refractivity contribution is 6.35. The number of amides is 1. The maximum Gasteiger partial charge on any atom is 0.328 e. The molecule has 2 unspecified atom stereocenters. The monoisotopic (exact) mass is 445 g/mol. The van der Waals surface area contributed by atoms with E-state index in [1.807, 2.05) is 24.3 Å². The molecule has 0 radical (unpaired) electrons. The second kappa shape index (κ2) is 9.29. The molecule has 30 heavy (non-hydrogen) atoms. The molecule has 3 rings (SSSR count). The zero-order valence-electron chi connectivity index (χ0n) is 16.5. The van der Waals surface area contributed by atoms with Gasteiger partial charge in [-0.1, -0.05) is 41.3 Å². The third-order valence-electron chi connectivity index (χ3n) is 4.96. The number of ether oxygens (including phenoxy) is 1. The van der Waals surface area contributed by atoms with Crippen molar-refractivity contribution in [3.8, 4) is 12.0 Å². The summed E-state index contributed by atoms with van der Waals surface area (Å²) < 4.78 is 4.92. The number of esters is 1. The summed E-state index contributed by atoms with van der Waals surface area (Å²) in [6.45, 7) is 1.48. The lowest BCUT2D eigenvalue weighted by Gasteiger charge is -2.39. The van der Waals surface area contributed by atoms with Crippen LogP contribution in [0.3, 0.4) is 0 Å². The van der Waals surface area contributed by atoms with Gasteiger partial charge in [0.1, 0.15) is 6.04 Å². The van der Waals surface area contributed by atoms with E-state index in [0.717, 1.165) is 5.56 Å². The largest absolute Gasteiger partial charge is 0.467 e. The number of carbonyl (C=O) groups is 2. The Hall–Kier alpha value is -2.88. The van der Waals surface area contributed by atoms with Gasteiger partial charge in [-0.3, -0.25) is 4.79 Å². The van der Waals surface area contributed by atoms with Crippen molar-refractivity contribution in [2.45, 2.75) is 31.8 Å². The van der Waals surface area contributed by atoms with Crippen molar-refractivity contribution in [1.82, 2.24) is 0 Å². The molecule has 6 nitrogen and oxygen atoms in total. The molecule has 0 spiro atoms. The number of benzene rings is 2. The normalized spacial score (nSPS) is 17.1. The molecule has 1 heterocycles. The van der Waals surface area contributed by atoms with E-state index in [1.165, 1.54) is 14.0 Å². The van der Waals surface area contributed by atoms with Crippen LogP contribution in [-0.2, 0) is 20.7 Å². The molecule has 1 aliphatic rings. The van der Waals surface area contributed by atoms with Crippen LogP contribution in [0.1, 0.15) is 30.5 Å². The zero-order valence-corrected chi connectivity index (χ0v) is 18.1. The average Bonchev–Trinajstić information content (AvgIpc) is 2.71. The Labute approximate surface area is 185 Å². The molecule has 8 heteroatoms. The first-order chi connectivity index (χ1) is 14.3. The summed E-state index contributed by atoms with van der Waals surface area (Å²) in [4.78, 5) is 26.6. The van der Waals surface area contributed by atoms with Gasteiger partial charge in [0.25, 0.3) is 0 Å². The first kappa shape index (κ1) is 21.8. The minimum absolute atomic E-state index is 0.183. The number of anilines is 2. The molecule has 0 saturated heterocycles. The Morgan fingerprint density at radius 2 is 1.97 bits per heavy atom. The van der Waals surface area contributed by atoms with Crippen LogP contribution in [0.15, 0.2) is 36.4 Å². The molecule has 2 aromatic carbocycles. The fourth-order valence-electron chi connectivity index (χ4n) is 3.67. The Balaban J connectivity index is 2.07. The average molecular weight is 446 g/mol. The molecule has 1 amide bonds. The van der Waals surface area contributed by atoms with E-state index in [1.54, 1.807) is 17.0 Å². The van der Waals surface area contributed by atoms with Gasteiger partial charge in [-0.15, -0.1) is 0 Å². The van der Waals surface area contributed by atoms with E-state index in [2.05, 4.69) is 17.3 Å². The van der Waals surface area contributed by atoms with Crippen molar-refractivity contribution in [2.24, 2.45) is 5.73 Å². The van der Waals surface area contributed by atoms with E-state index < -0.39 is 18.1 Å². The van der Waals surface area contributed by atoms with Gasteiger partial charge in [-0.25, -0.2) is 4.79 Å². The molecule has 1 aliphatic heterocycles. The van der Waals surface area contributed by atoms with E-state index in [0.29, 0.717) is 39.8 Å². The Bertz CT molecular complexity index is 1030. The van der Waals surface area contributed by atoms with Crippen LogP contribution in [-0.4, -0.2) is 25.0 Å². The maximum atomic E-state index is 12.7. The van der Waals surface area contributed by atoms with Gasteiger partial charge >= 0.3 is 5.97 Å². The molecule has 0 fully saturated rings. The fraction of sp³-hybridized carbons (Fsp3) is 0.273. The Morgan fingerprint density at radius 1 is 1.27 bits per heavy atom. The van der Waals surface area contributed by atoms with Crippen LogP contribution in [0, 0.1) is 12.0 Å². The number of nitrogens with zero attached hydrogens (tertiary/aromatic N) is 1. The number of carbonyl (C=O) groups excluding carboxylic acids is 2. The molecule has 0 aromatic heterocycles. The lowest BCUT2D eigenvalue weighted by Crippen LogP contribution is -2.43. The first-order valence-corrected chi connectivity index (χ1v) is 10.0. The molecule has 156 valence electrons. The molecular formula is C22H21Cl2N3O3. The van der Waals surface area contributed by atoms with E-state index in [4.69, 9.17) is 33.7 Å². The zero-order chi connectivity index (χ0) is 21.8. The first-order valence-electron chi connectivity index (χ1n) is 9.26. The van der Waals surface area contributed by atoms with E-state index >= 15 is 0 Å². The number of hydrogen-bond acceptors (Lipinski definition) is 5. The van der Waals surface area contributed by atoms with Crippen LogP contribution >= 0.6 is 23.2 Å². The van der Waals surface area contributed by atoms with Crippen molar-refractivity contribution < 1.29 is 14.3 Å². The minimum Gasteiger partial charge on any atom is -0.467 e. The van der Waals surface area contributed by atoms with Crippen molar-refractivity contribution >= 4 is 46.5 Å². The van der Waals surface area contributed by atoms with Gasteiger partial charge in [0, 0.05) is 52.8 Å². The van der Waals surface area contributed by atoms with Gasteiger partial charge in [0.15, 0.2) is 0 Å². The predicted octanol–water partition coefficient (Wildman–Crippen LogP) is 3.91. The molecule has 0 bridgehead atoms. The number of methoxy groups -OCH3 is 1. The summed E-state index contributed by atoms with van der Waals surface area (Å²) in [7, 11) is 1.32. The standard InChI is InChI=1S/C22H21Cl2N3O3/c1-13(28)27(16-7-5-14(6-8-16)4-3-9-25)20-12-19(22(29)30-2)26-18-11-15(23)10-17(24)21(18)20/h5-8,10-11,19-20,26H,4,12,25H2,1-2H3.